The number of esters is 1. The Balaban J connectivity index is 1.80. The van der Waals surface area contributed by atoms with E-state index in [0.29, 0.717) is 11.1 Å². The molecule has 2 aromatic rings. The van der Waals surface area contributed by atoms with Gasteiger partial charge in [-0.3, -0.25) is 4.79 Å². The summed E-state index contributed by atoms with van der Waals surface area (Å²) in [6, 6.07) is 16.9. The van der Waals surface area contributed by atoms with Crippen molar-refractivity contribution >= 4 is 11.9 Å². The van der Waals surface area contributed by atoms with Crippen LogP contribution in [0.15, 0.2) is 54.6 Å². The Morgan fingerprint density at radius 3 is 2.30 bits per heavy atom. The summed E-state index contributed by atoms with van der Waals surface area (Å²) in [7, 11) is 1.34. The van der Waals surface area contributed by atoms with E-state index in [1.165, 1.54) is 12.7 Å². The number of hydrogen-bond donors (Lipinski definition) is 0. The maximum Gasteiger partial charge on any atom is 0.337 e. The summed E-state index contributed by atoms with van der Waals surface area (Å²) in [5.41, 5.74) is 2.22. The molecule has 1 amide bonds. The van der Waals surface area contributed by atoms with Crippen LogP contribution in [0.3, 0.4) is 0 Å². The predicted molar refractivity (Wildman–Crippen MR) is 87.2 cm³/mol. The molecule has 1 saturated heterocycles. The maximum absolute atomic E-state index is 12.8. The number of hydrogen-bond acceptors (Lipinski definition) is 3. The molecule has 118 valence electrons. The fourth-order valence-corrected chi connectivity index (χ4v) is 3.06. The zero-order valence-electron chi connectivity index (χ0n) is 13.1. The average Bonchev–Trinajstić information content (AvgIpc) is 3.11. The number of benzene rings is 2. The van der Waals surface area contributed by atoms with E-state index in [4.69, 9.17) is 0 Å². The molecular weight excluding hydrogens is 290 g/mol. The second-order valence-corrected chi connectivity index (χ2v) is 5.64. The van der Waals surface area contributed by atoms with Crippen molar-refractivity contribution in [3.05, 3.63) is 71.3 Å². The van der Waals surface area contributed by atoms with Crippen molar-refractivity contribution in [3.8, 4) is 0 Å². The smallest absolute Gasteiger partial charge is 0.337 e. The number of carbonyl (C=O) groups excluding carboxylic acids is 2. The van der Waals surface area contributed by atoms with Crippen LogP contribution in [0.5, 0.6) is 0 Å². The molecule has 4 heteroatoms. The van der Waals surface area contributed by atoms with E-state index in [-0.39, 0.29) is 11.9 Å². The van der Waals surface area contributed by atoms with Gasteiger partial charge in [0, 0.05) is 12.1 Å². The molecule has 0 aromatic heterocycles. The summed E-state index contributed by atoms with van der Waals surface area (Å²) in [5, 5.41) is 0. The van der Waals surface area contributed by atoms with E-state index < -0.39 is 5.97 Å². The van der Waals surface area contributed by atoms with Crippen LogP contribution in [0.25, 0.3) is 0 Å². The molecule has 2 aromatic carbocycles. The quantitative estimate of drug-likeness (QED) is 0.816. The van der Waals surface area contributed by atoms with E-state index in [1.54, 1.807) is 24.3 Å². The van der Waals surface area contributed by atoms with E-state index in [2.05, 4.69) is 16.9 Å². The molecular formula is C19H19NO3. The maximum atomic E-state index is 12.8. The van der Waals surface area contributed by atoms with Gasteiger partial charge in [0.1, 0.15) is 0 Å². The van der Waals surface area contributed by atoms with Crippen LogP contribution in [0.2, 0.25) is 0 Å². The predicted octanol–water partition coefficient (Wildman–Crippen LogP) is 3.45. The molecule has 1 atom stereocenters. The van der Waals surface area contributed by atoms with Gasteiger partial charge in [0.25, 0.3) is 5.91 Å². The van der Waals surface area contributed by atoms with Gasteiger partial charge in [-0.15, -0.1) is 0 Å². The number of carbonyl (C=O) groups is 2. The molecule has 0 radical (unpaired) electrons. The first-order chi connectivity index (χ1) is 11.2. The lowest BCUT2D eigenvalue weighted by atomic mass is 10.0. The Kier molecular flexibility index (Phi) is 4.42. The molecule has 1 aliphatic rings. The van der Waals surface area contributed by atoms with E-state index in [0.717, 1.165) is 19.4 Å². The molecule has 0 N–H and O–H groups in total. The van der Waals surface area contributed by atoms with Gasteiger partial charge in [0.05, 0.1) is 18.7 Å². The lowest BCUT2D eigenvalue weighted by molar-refractivity contribution is 0.0599. The van der Waals surface area contributed by atoms with Crippen molar-refractivity contribution in [1.29, 1.82) is 0 Å². The van der Waals surface area contributed by atoms with Gasteiger partial charge >= 0.3 is 5.97 Å². The number of rotatable bonds is 3. The molecule has 0 spiro atoms. The third-order valence-corrected chi connectivity index (χ3v) is 4.25. The molecule has 4 nitrogen and oxygen atoms in total. The topological polar surface area (TPSA) is 46.6 Å². The molecule has 3 rings (SSSR count). The first-order valence-corrected chi connectivity index (χ1v) is 7.75. The summed E-state index contributed by atoms with van der Waals surface area (Å²) in [5.74, 6) is -0.389. The first kappa shape index (κ1) is 15.3. The Hall–Kier alpha value is -2.62. The molecule has 1 unspecified atom stereocenters. The minimum Gasteiger partial charge on any atom is -0.465 e. The lowest BCUT2D eigenvalue weighted by Crippen LogP contribution is -2.30. The van der Waals surface area contributed by atoms with Crippen LogP contribution in [0.1, 0.15) is 45.2 Å². The van der Waals surface area contributed by atoms with Crippen molar-refractivity contribution in [2.24, 2.45) is 0 Å². The number of likely N-dealkylation sites (tertiary alicyclic amines) is 1. The molecule has 0 saturated carbocycles. The molecule has 0 bridgehead atoms. The highest BCUT2D eigenvalue weighted by Gasteiger charge is 2.30. The molecule has 23 heavy (non-hydrogen) atoms. The zero-order chi connectivity index (χ0) is 16.2. The Morgan fingerprint density at radius 2 is 1.65 bits per heavy atom. The van der Waals surface area contributed by atoms with Crippen LogP contribution in [-0.2, 0) is 4.74 Å². The molecule has 1 aliphatic heterocycles. The highest BCUT2D eigenvalue weighted by Crippen LogP contribution is 2.32. The minimum absolute atomic E-state index is 0.00719. The second-order valence-electron chi connectivity index (χ2n) is 5.64. The molecule has 0 aliphatic carbocycles. The highest BCUT2D eigenvalue weighted by atomic mass is 16.5. The largest absolute Gasteiger partial charge is 0.465 e. The third kappa shape index (κ3) is 3.11. The van der Waals surface area contributed by atoms with Gasteiger partial charge in [-0.25, -0.2) is 4.79 Å². The number of amides is 1. The fourth-order valence-electron chi connectivity index (χ4n) is 3.06. The third-order valence-electron chi connectivity index (χ3n) is 4.25. The zero-order valence-corrected chi connectivity index (χ0v) is 13.1. The Labute approximate surface area is 135 Å². The summed E-state index contributed by atoms with van der Waals surface area (Å²) in [6.45, 7) is 0.761. The van der Waals surface area contributed by atoms with Crippen LogP contribution in [0, 0.1) is 0 Å². The number of ether oxygens (including phenoxy) is 1. The summed E-state index contributed by atoms with van der Waals surface area (Å²) in [6.07, 6.45) is 1.99. The van der Waals surface area contributed by atoms with E-state index in [1.807, 2.05) is 23.1 Å². The highest BCUT2D eigenvalue weighted by molar-refractivity contribution is 5.96. The Morgan fingerprint density at radius 1 is 1.00 bits per heavy atom. The van der Waals surface area contributed by atoms with Crippen molar-refractivity contribution < 1.29 is 14.3 Å². The normalized spacial score (nSPS) is 17.1. The van der Waals surface area contributed by atoms with Crippen LogP contribution in [0.4, 0.5) is 0 Å². The van der Waals surface area contributed by atoms with Crippen molar-refractivity contribution in [2.45, 2.75) is 18.9 Å². The summed E-state index contributed by atoms with van der Waals surface area (Å²) in [4.78, 5) is 26.2. The van der Waals surface area contributed by atoms with Gasteiger partial charge in [-0.05, 0) is 42.7 Å². The SMILES string of the molecule is COC(=O)c1ccc(C(=O)N2CCCC2c2ccccc2)cc1. The van der Waals surface area contributed by atoms with Crippen molar-refractivity contribution in [3.63, 3.8) is 0 Å². The number of nitrogens with zero attached hydrogens (tertiary/aromatic N) is 1. The second kappa shape index (κ2) is 6.65. The minimum atomic E-state index is -0.396. The van der Waals surface area contributed by atoms with Crippen LogP contribution in [-0.4, -0.2) is 30.4 Å². The fraction of sp³-hybridized carbons (Fsp3) is 0.263. The van der Waals surface area contributed by atoms with E-state index in [9.17, 15) is 9.59 Å². The standard InChI is InChI=1S/C19H19NO3/c1-23-19(22)16-11-9-15(10-12-16)18(21)20-13-5-8-17(20)14-6-3-2-4-7-14/h2-4,6-7,9-12,17H,5,8,13H2,1H3. The van der Waals surface area contributed by atoms with Gasteiger partial charge in [-0.1, -0.05) is 30.3 Å². The summed E-state index contributed by atoms with van der Waals surface area (Å²) >= 11 is 0. The van der Waals surface area contributed by atoms with Crippen molar-refractivity contribution in [2.75, 3.05) is 13.7 Å². The van der Waals surface area contributed by atoms with Crippen LogP contribution < -0.4 is 0 Å². The van der Waals surface area contributed by atoms with Crippen molar-refractivity contribution in [1.82, 2.24) is 4.90 Å². The number of methoxy groups -OCH3 is 1. The summed E-state index contributed by atoms with van der Waals surface area (Å²) < 4.78 is 4.68. The monoisotopic (exact) mass is 309 g/mol. The van der Waals surface area contributed by atoms with Gasteiger partial charge < -0.3 is 9.64 Å². The van der Waals surface area contributed by atoms with Crippen LogP contribution >= 0.6 is 0 Å². The lowest BCUT2D eigenvalue weighted by Gasteiger charge is -2.25. The van der Waals surface area contributed by atoms with E-state index >= 15 is 0 Å². The van der Waals surface area contributed by atoms with Gasteiger partial charge in [-0.2, -0.15) is 0 Å². The molecule has 1 heterocycles. The average molecular weight is 309 g/mol. The van der Waals surface area contributed by atoms with Gasteiger partial charge in [0.2, 0.25) is 0 Å². The Bertz CT molecular complexity index is 694. The van der Waals surface area contributed by atoms with Gasteiger partial charge in [0.15, 0.2) is 0 Å². The first-order valence-electron chi connectivity index (χ1n) is 7.75. The molecule has 1 fully saturated rings.